The minimum absolute atomic E-state index is 0.0755. The van der Waals surface area contributed by atoms with Gasteiger partial charge in [0.15, 0.2) is 11.9 Å². The first-order valence-electron chi connectivity index (χ1n) is 8.11. The van der Waals surface area contributed by atoms with E-state index in [0.29, 0.717) is 5.56 Å². The molecule has 3 rings (SSSR count). The maximum absolute atomic E-state index is 11.8. The lowest BCUT2D eigenvalue weighted by Crippen LogP contribution is -2.48. The number of hydrogen-bond acceptors (Lipinski definition) is 6. The first kappa shape index (κ1) is 18.0. The van der Waals surface area contributed by atoms with Crippen molar-refractivity contribution in [2.75, 3.05) is 0 Å². The molecule has 4 atom stereocenters. The topological polar surface area (TPSA) is 116 Å². The predicted molar refractivity (Wildman–Crippen MR) is 92.1 cm³/mol. The molecule has 0 amide bonds. The van der Waals surface area contributed by atoms with E-state index >= 15 is 0 Å². The van der Waals surface area contributed by atoms with Crippen LogP contribution in [0.4, 0.5) is 5.69 Å². The highest BCUT2D eigenvalue weighted by atomic mass is 16.7. The smallest absolute Gasteiger partial charge is 0.269 e. The van der Waals surface area contributed by atoms with Gasteiger partial charge in [-0.25, -0.2) is 0 Å². The zero-order valence-electron chi connectivity index (χ0n) is 14.0. The highest BCUT2D eigenvalue weighted by Gasteiger charge is 2.51. The number of hydrogen-bond donors (Lipinski definition) is 1. The molecule has 1 aliphatic heterocycles. The summed E-state index contributed by atoms with van der Waals surface area (Å²) in [5.41, 5.74) is 1.04. The third kappa shape index (κ3) is 3.56. The van der Waals surface area contributed by atoms with Crippen LogP contribution in [-0.4, -0.2) is 26.8 Å². The van der Waals surface area contributed by atoms with Gasteiger partial charge in [0.2, 0.25) is 6.04 Å². The number of benzene rings is 2. The van der Waals surface area contributed by atoms with Gasteiger partial charge in [0.05, 0.1) is 10.8 Å². The van der Waals surface area contributed by atoms with E-state index in [0.717, 1.165) is 5.56 Å². The van der Waals surface area contributed by atoms with Crippen LogP contribution in [0, 0.1) is 20.2 Å². The Morgan fingerprint density at radius 3 is 2.19 bits per heavy atom. The summed E-state index contributed by atoms with van der Waals surface area (Å²) >= 11 is 0. The third-order valence-corrected chi connectivity index (χ3v) is 4.61. The van der Waals surface area contributed by atoms with Crippen molar-refractivity contribution in [3.8, 4) is 0 Å². The summed E-state index contributed by atoms with van der Waals surface area (Å²) in [4.78, 5) is 21.7. The van der Waals surface area contributed by atoms with Gasteiger partial charge >= 0.3 is 0 Å². The van der Waals surface area contributed by atoms with Crippen molar-refractivity contribution in [2.45, 2.75) is 37.2 Å². The Hall–Kier alpha value is -2.84. The van der Waals surface area contributed by atoms with Crippen LogP contribution in [0.3, 0.4) is 0 Å². The van der Waals surface area contributed by atoms with Crippen molar-refractivity contribution in [3.63, 3.8) is 0 Å². The van der Waals surface area contributed by atoms with Gasteiger partial charge in [-0.1, -0.05) is 30.3 Å². The zero-order valence-corrected chi connectivity index (χ0v) is 14.0. The first-order valence-corrected chi connectivity index (χ1v) is 8.11. The SMILES string of the molecule is CC1(O)CC(c2ccccc2)C([N+](=O)[O-])C(c2ccc([N+](=O)[O-])cc2)O1. The Labute approximate surface area is 149 Å². The van der Waals surface area contributed by atoms with Crippen LogP contribution < -0.4 is 0 Å². The van der Waals surface area contributed by atoms with Crippen molar-refractivity contribution in [1.29, 1.82) is 0 Å². The molecule has 0 aliphatic carbocycles. The number of aliphatic hydroxyl groups is 1. The Morgan fingerprint density at radius 1 is 1.04 bits per heavy atom. The molecule has 2 aromatic carbocycles. The number of nitrogens with zero attached hydrogens (tertiary/aromatic N) is 2. The van der Waals surface area contributed by atoms with Crippen molar-refractivity contribution in [3.05, 3.63) is 86.0 Å². The van der Waals surface area contributed by atoms with Gasteiger partial charge < -0.3 is 9.84 Å². The lowest BCUT2D eigenvalue weighted by molar-refractivity contribution is -0.555. The fourth-order valence-electron chi connectivity index (χ4n) is 3.45. The quantitative estimate of drug-likeness (QED) is 0.663. The standard InChI is InChI=1S/C18H18N2O6/c1-18(21)11-15(12-5-3-2-4-6-12)16(20(24)25)17(26-18)13-7-9-14(10-8-13)19(22)23/h2-10,15-17,21H,11H2,1H3. The minimum Gasteiger partial charge on any atom is -0.366 e. The molecule has 1 N–H and O–H groups in total. The lowest BCUT2D eigenvalue weighted by atomic mass is 9.79. The molecule has 1 heterocycles. The number of non-ortho nitro benzene ring substituents is 1. The molecule has 1 aliphatic rings. The third-order valence-electron chi connectivity index (χ3n) is 4.61. The van der Waals surface area contributed by atoms with Gasteiger partial charge in [0.1, 0.15) is 0 Å². The summed E-state index contributed by atoms with van der Waals surface area (Å²) in [6.45, 7) is 1.47. The summed E-state index contributed by atoms with van der Waals surface area (Å²) in [7, 11) is 0. The van der Waals surface area contributed by atoms with Crippen LogP contribution in [0.5, 0.6) is 0 Å². The van der Waals surface area contributed by atoms with Crippen LogP contribution in [0.15, 0.2) is 54.6 Å². The zero-order chi connectivity index (χ0) is 18.9. The van der Waals surface area contributed by atoms with Crippen molar-refractivity contribution in [2.24, 2.45) is 0 Å². The molecule has 0 bridgehead atoms. The lowest BCUT2D eigenvalue weighted by Gasteiger charge is -2.41. The number of rotatable bonds is 4. The molecule has 4 unspecified atom stereocenters. The largest absolute Gasteiger partial charge is 0.366 e. The highest BCUT2D eigenvalue weighted by molar-refractivity contribution is 5.35. The van der Waals surface area contributed by atoms with E-state index in [9.17, 15) is 25.3 Å². The van der Waals surface area contributed by atoms with Crippen LogP contribution in [-0.2, 0) is 4.74 Å². The van der Waals surface area contributed by atoms with E-state index in [1.807, 2.05) is 6.07 Å². The molecule has 1 fully saturated rings. The van der Waals surface area contributed by atoms with E-state index in [-0.39, 0.29) is 12.1 Å². The fraction of sp³-hybridized carbons (Fsp3) is 0.333. The summed E-state index contributed by atoms with van der Waals surface area (Å²) in [6, 6.07) is 13.3. The molecule has 136 valence electrons. The molecule has 8 heteroatoms. The summed E-state index contributed by atoms with van der Waals surface area (Å²) < 4.78 is 5.63. The maximum Gasteiger partial charge on any atom is 0.269 e. The van der Waals surface area contributed by atoms with Gasteiger partial charge in [0, 0.05) is 23.5 Å². The predicted octanol–water partition coefficient (Wildman–Crippen LogP) is 3.19. The molecule has 2 aromatic rings. The number of nitro groups is 2. The van der Waals surface area contributed by atoms with Gasteiger partial charge in [-0.05, 0) is 30.2 Å². The normalized spacial score (nSPS) is 28.5. The molecule has 26 heavy (non-hydrogen) atoms. The second kappa shape index (κ2) is 6.81. The van der Waals surface area contributed by atoms with E-state index in [4.69, 9.17) is 4.74 Å². The molecule has 1 saturated heterocycles. The van der Waals surface area contributed by atoms with Crippen LogP contribution in [0.2, 0.25) is 0 Å². The van der Waals surface area contributed by atoms with Crippen molar-refractivity contribution >= 4 is 5.69 Å². The molecular formula is C18H18N2O6. The van der Waals surface area contributed by atoms with Crippen LogP contribution in [0.1, 0.15) is 36.5 Å². The van der Waals surface area contributed by atoms with Crippen LogP contribution >= 0.6 is 0 Å². The van der Waals surface area contributed by atoms with Gasteiger partial charge in [-0.3, -0.25) is 20.2 Å². The number of ether oxygens (including phenoxy) is 1. The Kier molecular flexibility index (Phi) is 4.71. The monoisotopic (exact) mass is 358 g/mol. The molecule has 0 aromatic heterocycles. The van der Waals surface area contributed by atoms with E-state index in [2.05, 4.69) is 0 Å². The number of nitro benzene ring substituents is 1. The fourth-order valence-corrected chi connectivity index (χ4v) is 3.45. The second-order valence-electron chi connectivity index (χ2n) is 6.56. The van der Waals surface area contributed by atoms with E-state index in [1.165, 1.54) is 31.2 Å². The molecule has 0 radical (unpaired) electrons. The van der Waals surface area contributed by atoms with E-state index < -0.39 is 33.7 Å². The highest BCUT2D eigenvalue weighted by Crippen LogP contribution is 2.45. The first-order chi connectivity index (χ1) is 12.3. The Morgan fingerprint density at radius 2 is 1.65 bits per heavy atom. The second-order valence-corrected chi connectivity index (χ2v) is 6.56. The van der Waals surface area contributed by atoms with Gasteiger partial charge in [-0.15, -0.1) is 0 Å². The summed E-state index contributed by atoms with van der Waals surface area (Å²) in [5, 5.41) is 33.2. The van der Waals surface area contributed by atoms with Gasteiger partial charge in [0.25, 0.3) is 5.69 Å². The molecule has 0 spiro atoms. The Bertz CT molecular complexity index is 806. The van der Waals surface area contributed by atoms with Gasteiger partial charge in [-0.2, -0.15) is 0 Å². The Balaban J connectivity index is 2.03. The summed E-state index contributed by atoms with van der Waals surface area (Å²) in [6.07, 6.45) is -0.952. The maximum atomic E-state index is 11.8. The van der Waals surface area contributed by atoms with Crippen molar-refractivity contribution in [1.82, 2.24) is 0 Å². The minimum atomic E-state index is -1.56. The molecule has 0 saturated carbocycles. The average Bonchev–Trinajstić information content (AvgIpc) is 2.60. The molecule has 8 nitrogen and oxygen atoms in total. The molecular weight excluding hydrogens is 340 g/mol. The summed E-state index contributed by atoms with van der Waals surface area (Å²) in [5.74, 6) is -2.12. The van der Waals surface area contributed by atoms with Crippen molar-refractivity contribution < 1.29 is 19.7 Å². The van der Waals surface area contributed by atoms with Crippen LogP contribution in [0.25, 0.3) is 0 Å². The van der Waals surface area contributed by atoms with E-state index in [1.54, 1.807) is 24.3 Å². The average molecular weight is 358 g/mol.